The van der Waals surface area contributed by atoms with Crippen LogP contribution in [-0.2, 0) is 28.6 Å². The molecule has 172 valence electrons. The van der Waals surface area contributed by atoms with E-state index >= 15 is 0 Å². The first-order valence-corrected chi connectivity index (χ1v) is 10.6. The molecule has 0 radical (unpaired) electrons. The highest BCUT2D eigenvalue weighted by atomic mass is 16.6. The van der Waals surface area contributed by atoms with Gasteiger partial charge in [-0.25, -0.2) is 0 Å². The highest BCUT2D eigenvalue weighted by Crippen LogP contribution is 2.42. The van der Waals surface area contributed by atoms with Gasteiger partial charge in [-0.15, -0.1) is 0 Å². The minimum atomic E-state index is -1.39. The zero-order valence-electron chi connectivity index (χ0n) is 19.1. The molecule has 0 aromatic carbocycles. The van der Waals surface area contributed by atoms with E-state index in [2.05, 4.69) is 0 Å². The number of carbonyl (C=O) groups is 3. The molecule has 2 fully saturated rings. The van der Waals surface area contributed by atoms with E-state index in [9.17, 15) is 24.6 Å². The van der Waals surface area contributed by atoms with E-state index < -0.39 is 64.7 Å². The molecule has 8 nitrogen and oxygen atoms in total. The van der Waals surface area contributed by atoms with Gasteiger partial charge in [-0.05, 0) is 48.0 Å². The van der Waals surface area contributed by atoms with Gasteiger partial charge in [0.15, 0.2) is 0 Å². The third-order valence-corrected chi connectivity index (χ3v) is 6.17. The summed E-state index contributed by atoms with van der Waals surface area (Å²) < 4.78 is 16.6. The van der Waals surface area contributed by atoms with Gasteiger partial charge < -0.3 is 24.4 Å². The number of aliphatic hydroxyl groups is 2. The molecule has 0 amide bonds. The average Bonchev–Trinajstić information content (AvgIpc) is 2.91. The molecule has 1 saturated carbocycles. The predicted molar refractivity (Wildman–Crippen MR) is 107 cm³/mol. The van der Waals surface area contributed by atoms with Crippen LogP contribution in [0.5, 0.6) is 0 Å². The van der Waals surface area contributed by atoms with E-state index in [-0.39, 0.29) is 19.3 Å². The topological polar surface area (TPSA) is 119 Å². The summed E-state index contributed by atoms with van der Waals surface area (Å²) in [5.74, 6) is -3.08. The third-order valence-electron chi connectivity index (χ3n) is 6.17. The van der Waals surface area contributed by atoms with Gasteiger partial charge in [-0.3, -0.25) is 14.4 Å². The van der Waals surface area contributed by atoms with Gasteiger partial charge in [0.1, 0.15) is 18.3 Å². The second-order valence-electron chi connectivity index (χ2n) is 10.4. The maximum absolute atomic E-state index is 13.0. The van der Waals surface area contributed by atoms with E-state index in [1.807, 2.05) is 6.92 Å². The van der Waals surface area contributed by atoms with E-state index in [1.165, 1.54) is 13.8 Å². The number of carbonyl (C=O) groups excluding carboxylic acids is 3. The van der Waals surface area contributed by atoms with Crippen molar-refractivity contribution in [1.82, 2.24) is 0 Å². The maximum Gasteiger partial charge on any atom is 0.311 e. The van der Waals surface area contributed by atoms with Gasteiger partial charge in [0.2, 0.25) is 0 Å². The number of ether oxygens (including phenoxy) is 3. The van der Waals surface area contributed by atoms with Crippen LogP contribution in [0.3, 0.4) is 0 Å². The molecule has 1 saturated heterocycles. The van der Waals surface area contributed by atoms with Crippen LogP contribution in [0.25, 0.3) is 0 Å². The number of hydrogen-bond acceptors (Lipinski definition) is 8. The molecule has 5 atom stereocenters. The number of hydrogen-bond donors (Lipinski definition) is 2. The Hall–Kier alpha value is -1.67. The molecule has 8 heteroatoms. The number of rotatable bonds is 8. The van der Waals surface area contributed by atoms with Crippen molar-refractivity contribution in [2.24, 2.45) is 17.3 Å². The van der Waals surface area contributed by atoms with Crippen molar-refractivity contribution in [2.45, 2.75) is 104 Å². The molecule has 1 heterocycles. The van der Waals surface area contributed by atoms with Gasteiger partial charge in [-0.2, -0.15) is 0 Å². The first-order chi connectivity index (χ1) is 13.5. The summed E-state index contributed by atoms with van der Waals surface area (Å²) in [7, 11) is 0. The largest absolute Gasteiger partial charge is 0.459 e. The monoisotopic (exact) mass is 428 g/mol. The van der Waals surface area contributed by atoms with Gasteiger partial charge in [0, 0.05) is 19.3 Å². The van der Waals surface area contributed by atoms with Crippen LogP contribution >= 0.6 is 0 Å². The molecule has 5 unspecified atom stereocenters. The SMILES string of the molecule is CCC(C)(C)C(=O)OC1CC(C(=O)OC(CC(C)(C)O)C(C)(C)O)C2CC1OC2=O. The molecule has 30 heavy (non-hydrogen) atoms. The fourth-order valence-electron chi connectivity index (χ4n) is 3.70. The summed E-state index contributed by atoms with van der Waals surface area (Å²) in [6, 6.07) is 0. The van der Waals surface area contributed by atoms with Crippen molar-refractivity contribution in [1.29, 1.82) is 0 Å². The number of esters is 3. The Bertz CT molecular complexity index is 670. The second kappa shape index (κ2) is 8.46. The van der Waals surface area contributed by atoms with Crippen molar-refractivity contribution in [3.63, 3.8) is 0 Å². The van der Waals surface area contributed by atoms with E-state index in [4.69, 9.17) is 14.2 Å². The Morgan fingerprint density at radius 1 is 1.13 bits per heavy atom. The van der Waals surface area contributed by atoms with Crippen LogP contribution in [0, 0.1) is 17.3 Å². The minimum Gasteiger partial charge on any atom is -0.459 e. The Balaban J connectivity index is 2.17. The third kappa shape index (κ3) is 5.72. The van der Waals surface area contributed by atoms with Crippen molar-refractivity contribution in [3.8, 4) is 0 Å². The smallest absolute Gasteiger partial charge is 0.311 e. The summed E-state index contributed by atoms with van der Waals surface area (Å²) >= 11 is 0. The molecule has 2 rings (SSSR count). The van der Waals surface area contributed by atoms with E-state index in [0.717, 1.165) is 0 Å². The first kappa shape index (κ1) is 24.6. The second-order valence-corrected chi connectivity index (χ2v) is 10.4. The Morgan fingerprint density at radius 3 is 2.23 bits per heavy atom. The first-order valence-electron chi connectivity index (χ1n) is 10.6. The number of fused-ring (bicyclic) bond motifs is 2. The minimum absolute atomic E-state index is 0.0236. The van der Waals surface area contributed by atoms with Crippen LogP contribution in [0.4, 0.5) is 0 Å². The zero-order chi connectivity index (χ0) is 23.1. The highest BCUT2D eigenvalue weighted by molar-refractivity contribution is 5.84. The van der Waals surface area contributed by atoms with Crippen LogP contribution in [0.1, 0.15) is 74.1 Å². The maximum atomic E-state index is 13.0. The van der Waals surface area contributed by atoms with Gasteiger partial charge >= 0.3 is 17.9 Å². The van der Waals surface area contributed by atoms with Gasteiger partial charge in [-0.1, -0.05) is 6.92 Å². The van der Waals surface area contributed by atoms with Crippen LogP contribution in [-0.4, -0.2) is 57.6 Å². The van der Waals surface area contributed by atoms with Crippen molar-refractivity contribution < 1.29 is 38.8 Å². The molecule has 0 aromatic heterocycles. The fraction of sp³-hybridized carbons (Fsp3) is 0.864. The predicted octanol–water partition coefficient (Wildman–Crippen LogP) is 2.13. The van der Waals surface area contributed by atoms with Gasteiger partial charge in [0.05, 0.1) is 28.5 Å². The van der Waals surface area contributed by atoms with Crippen molar-refractivity contribution in [3.05, 3.63) is 0 Å². The molecule has 1 aliphatic carbocycles. The summed E-state index contributed by atoms with van der Waals surface area (Å²) in [5, 5.41) is 20.5. The molecular formula is C22H36O8. The standard InChI is InChI=1S/C22H36O8/c1-8-20(2,3)19(25)29-15-10-13(12-9-14(15)28-17(12)23)18(24)30-16(22(6,7)27)11-21(4,5)26/h12-16,26-27H,8-11H2,1-7H3. The Labute approximate surface area is 178 Å². The fourth-order valence-corrected chi connectivity index (χ4v) is 3.70. The molecule has 2 N–H and O–H groups in total. The molecule has 0 spiro atoms. The molecule has 0 aromatic rings. The van der Waals surface area contributed by atoms with Crippen molar-refractivity contribution >= 4 is 17.9 Å². The lowest BCUT2D eigenvalue weighted by Gasteiger charge is -2.36. The summed E-state index contributed by atoms with van der Waals surface area (Å²) in [6.45, 7) is 11.5. The normalized spacial score (nSPS) is 28.0. The molecule has 2 aliphatic rings. The lowest BCUT2D eigenvalue weighted by atomic mass is 9.78. The summed E-state index contributed by atoms with van der Waals surface area (Å²) in [5.41, 5.74) is -3.24. The van der Waals surface area contributed by atoms with Crippen LogP contribution in [0.15, 0.2) is 0 Å². The van der Waals surface area contributed by atoms with E-state index in [0.29, 0.717) is 6.42 Å². The summed E-state index contributed by atoms with van der Waals surface area (Å²) in [4.78, 5) is 37.8. The zero-order valence-corrected chi connectivity index (χ0v) is 19.1. The summed E-state index contributed by atoms with van der Waals surface area (Å²) in [6.07, 6.45) is -1.26. The van der Waals surface area contributed by atoms with E-state index in [1.54, 1.807) is 27.7 Å². The van der Waals surface area contributed by atoms with Crippen LogP contribution < -0.4 is 0 Å². The average molecular weight is 429 g/mol. The molecule has 1 aliphatic heterocycles. The van der Waals surface area contributed by atoms with Gasteiger partial charge in [0.25, 0.3) is 0 Å². The quantitative estimate of drug-likeness (QED) is 0.446. The Morgan fingerprint density at radius 2 is 1.73 bits per heavy atom. The Kier molecular flexibility index (Phi) is 6.94. The molecular weight excluding hydrogens is 392 g/mol. The van der Waals surface area contributed by atoms with Crippen molar-refractivity contribution in [2.75, 3.05) is 0 Å². The lowest BCUT2D eigenvalue weighted by Crippen LogP contribution is -2.47. The lowest BCUT2D eigenvalue weighted by molar-refractivity contribution is -0.180. The molecule has 2 bridgehead atoms. The highest BCUT2D eigenvalue weighted by Gasteiger charge is 2.54. The van der Waals surface area contributed by atoms with Crippen LogP contribution in [0.2, 0.25) is 0 Å².